The van der Waals surface area contributed by atoms with Crippen molar-refractivity contribution in [2.45, 2.75) is 38.1 Å². The van der Waals surface area contributed by atoms with Gasteiger partial charge in [0.05, 0.1) is 0 Å². The molecule has 1 heterocycles. The number of nitrogens with one attached hydrogen (secondary N) is 1. The molecule has 0 aromatic heterocycles. The lowest BCUT2D eigenvalue weighted by Gasteiger charge is -2.25. The van der Waals surface area contributed by atoms with Gasteiger partial charge in [-0.05, 0) is 61.6 Å². The van der Waals surface area contributed by atoms with Crippen LogP contribution in [0.15, 0.2) is 48.5 Å². The lowest BCUT2D eigenvalue weighted by atomic mass is 9.85. The summed E-state index contributed by atoms with van der Waals surface area (Å²) in [5.74, 6) is 0.00457. The van der Waals surface area contributed by atoms with Crippen molar-refractivity contribution in [3.05, 3.63) is 59.7 Å². The van der Waals surface area contributed by atoms with E-state index in [-0.39, 0.29) is 36.2 Å². The first-order chi connectivity index (χ1) is 13.1. The number of amides is 2. The normalized spacial score (nSPS) is 20.8. The molecule has 28 heavy (non-hydrogen) atoms. The van der Waals surface area contributed by atoms with Crippen LogP contribution in [0, 0.1) is 5.92 Å². The van der Waals surface area contributed by atoms with Crippen LogP contribution in [0.25, 0.3) is 0 Å². The molecule has 0 saturated heterocycles. The Balaban J connectivity index is 0.00000225. The summed E-state index contributed by atoms with van der Waals surface area (Å²) in [6.45, 7) is 0.707. The number of nitrogens with two attached hydrogens (primary N) is 1. The highest BCUT2D eigenvalue weighted by molar-refractivity contribution is 6.07. The number of nitrogens with zero attached hydrogens (tertiary/aromatic N) is 1. The summed E-state index contributed by atoms with van der Waals surface area (Å²) >= 11 is 0. The number of fused-ring (bicyclic) bond motifs is 1. The van der Waals surface area contributed by atoms with Crippen LogP contribution in [0.2, 0.25) is 0 Å². The minimum absolute atomic E-state index is 0. The summed E-state index contributed by atoms with van der Waals surface area (Å²) in [4.78, 5) is 27.1. The van der Waals surface area contributed by atoms with Crippen molar-refractivity contribution in [3.8, 4) is 0 Å². The highest BCUT2D eigenvalue weighted by atomic mass is 35.5. The van der Waals surface area contributed by atoms with Crippen LogP contribution in [-0.2, 0) is 11.2 Å². The van der Waals surface area contributed by atoms with Gasteiger partial charge in [0.15, 0.2) is 0 Å². The minimum atomic E-state index is -0.0174. The van der Waals surface area contributed by atoms with Gasteiger partial charge in [0.1, 0.15) is 0 Å². The predicted molar refractivity (Wildman–Crippen MR) is 114 cm³/mol. The quantitative estimate of drug-likeness (QED) is 0.824. The van der Waals surface area contributed by atoms with Gasteiger partial charge in [-0.15, -0.1) is 12.4 Å². The molecule has 2 unspecified atom stereocenters. The molecule has 1 fully saturated rings. The number of carbonyl (C=O) groups is 2. The predicted octanol–water partition coefficient (Wildman–Crippen LogP) is 3.77. The Bertz CT molecular complexity index is 853. The van der Waals surface area contributed by atoms with Crippen LogP contribution in [0.4, 0.5) is 11.4 Å². The van der Waals surface area contributed by atoms with Crippen molar-refractivity contribution in [2.24, 2.45) is 11.7 Å². The number of hydrogen-bond donors (Lipinski definition) is 2. The average Bonchev–Trinajstić information content (AvgIpc) is 3.12. The van der Waals surface area contributed by atoms with E-state index >= 15 is 0 Å². The van der Waals surface area contributed by atoms with Crippen LogP contribution in [0.1, 0.15) is 41.6 Å². The minimum Gasteiger partial charge on any atom is -0.328 e. The van der Waals surface area contributed by atoms with Crippen molar-refractivity contribution in [3.63, 3.8) is 0 Å². The Morgan fingerprint density at radius 1 is 1.04 bits per heavy atom. The number of rotatable bonds is 3. The average molecular weight is 400 g/mol. The van der Waals surface area contributed by atoms with Crippen LogP contribution < -0.4 is 16.0 Å². The number of carbonyl (C=O) groups excluding carboxylic acids is 2. The van der Waals surface area contributed by atoms with Crippen LogP contribution >= 0.6 is 12.4 Å². The van der Waals surface area contributed by atoms with Crippen molar-refractivity contribution >= 4 is 35.6 Å². The summed E-state index contributed by atoms with van der Waals surface area (Å²) in [6.07, 6.45) is 4.53. The number of para-hydroxylation sites is 1. The van der Waals surface area contributed by atoms with Gasteiger partial charge in [-0.25, -0.2) is 0 Å². The second-order valence-corrected chi connectivity index (χ2v) is 7.53. The Morgan fingerprint density at radius 3 is 2.54 bits per heavy atom. The highest BCUT2D eigenvalue weighted by Gasteiger charge is 2.26. The van der Waals surface area contributed by atoms with E-state index in [4.69, 9.17) is 5.73 Å². The van der Waals surface area contributed by atoms with E-state index in [0.717, 1.165) is 43.5 Å². The largest absolute Gasteiger partial charge is 0.328 e. The molecule has 5 nitrogen and oxygen atoms in total. The van der Waals surface area contributed by atoms with E-state index in [0.29, 0.717) is 12.1 Å². The van der Waals surface area contributed by atoms with E-state index < -0.39 is 0 Å². The number of halogens is 1. The van der Waals surface area contributed by atoms with Crippen LogP contribution in [-0.4, -0.2) is 24.4 Å². The van der Waals surface area contributed by atoms with Gasteiger partial charge >= 0.3 is 0 Å². The molecule has 4 rings (SSSR count). The van der Waals surface area contributed by atoms with Gasteiger partial charge in [-0.2, -0.15) is 0 Å². The SMILES string of the molecule is Cl.NC1CCCC(C(=O)Nc2ccc(C(=O)N3CCc4ccccc43)cc2)C1. The second-order valence-electron chi connectivity index (χ2n) is 7.53. The molecule has 3 N–H and O–H groups in total. The zero-order chi connectivity index (χ0) is 18.8. The van der Waals surface area contributed by atoms with Crippen molar-refractivity contribution < 1.29 is 9.59 Å². The van der Waals surface area contributed by atoms with Gasteiger partial charge < -0.3 is 16.0 Å². The molecule has 148 valence electrons. The van der Waals surface area contributed by atoms with Crippen LogP contribution in [0.3, 0.4) is 0 Å². The molecule has 0 radical (unpaired) electrons. The molecule has 2 amide bonds. The summed E-state index contributed by atoms with van der Waals surface area (Å²) < 4.78 is 0. The number of benzene rings is 2. The summed E-state index contributed by atoms with van der Waals surface area (Å²) in [6, 6.07) is 15.3. The molecule has 2 atom stereocenters. The standard InChI is InChI=1S/C22H25N3O2.ClH/c23-18-6-3-5-17(14-18)21(26)24-19-10-8-16(9-11-19)22(27)25-13-12-15-4-1-2-7-20(15)25;/h1-2,4,7-11,17-18H,3,5-6,12-14,23H2,(H,24,26);1H. The Kier molecular flexibility index (Phi) is 6.37. The summed E-state index contributed by atoms with van der Waals surface area (Å²) in [7, 11) is 0. The fraction of sp³-hybridized carbons (Fsp3) is 0.364. The molecular formula is C22H26ClN3O2. The van der Waals surface area contributed by atoms with Crippen molar-refractivity contribution in [1.29, 1.82) is 0 Å². The molecule has 1 saturated carbocycles. The van der Waals surface area contributed by atoms with E-state index in [1.165, 1.54) is 5.56 Å². The topological polar surface area (TPSA) is 75.4 Å². The first-order valence-corrected chi connectivity index (χ1v) is 9.68. The van der Waals surface area contributed by atoms with Gasteiger partial charge in [-0.1, -0.05) is 24.6 Å². The maximum atomic E-state index is 12.9. The molecule has 2 aliphatic rings. The number of hydrogen-bond acceptors (Lipinski definition) is 3. The van der Waals surface area contributed by atoms with E-state index in [1.807, 2.05) is 23.1 Å². The molecule has 1 aliphatic heterocycles. The van der Waals surface area contributed by atoms with Crippen LogP contribution in [0.5, 0.6) is 0 Å². The lowest BCUT2D eigenvalue weighted by Crippen LogP contribution is -2.34. The van der Waals surface area contributed by atoms with Gasteiger partial charge in [0.2, 0.25) is 5.91 Å². The molecule has 2 aromatic rings. The van der Waals surface area contributed by atoms with Crippen molar-refractivity contribution in [2.75, 3.05) is 16.8 Å². The van der Waals surface area contributed by atoms with E-state index in [1.54, 1.807) is 24.3 Å². The Morgan fingerprint density at radius 2 is 1.79 bits per heavy atom. The first-order valence-electron chi connectivity index (χ1n) is 9.68. The lowest BCUT2D eigenvalue weighted by molar-refractivity contribution is -0.120. The van der Waals surface area contributed by atoms with Gasteiger partial charge in [0, 0.05) is 35.4 Å². The highest BCUT2D eigenvalue weighted by Crippen LogP contribution is 2.29. The first kappa shape index (κ1) is 20.4. The molecule has 0 bridgehead atoms. The third-order valence-corrected chi connectivity index (χ3v) is 5.62. The molecule has 1 aliphatic carbocycles. The molecule has 2 aromatic carbocycles. The zero-order valence-electron chi connectivity index (χ0n) is 15.8. The summed E-state index contributed by atoms with van der Waals surface area (Å²) in [5, 5.41) is 2.96. The molecule has 6 heteroatoms. The fourth-order valence-corrected chi connectivity index (χ4v) is 4.11. The van der Waals surface area contributed by atoms with E-state index in [2.05, 4.69) is 11.4 Å². The maximum Gasteiger partial charge on any atom is 0.258 e. The third-order valence-electron chi connectivity index (χ3n) is 5.62. The summed E-state index contributed by atoms with van der Waals surface area (Å²) in [5.41, 5.74) is 9.53. The molecule has 0 spiro atoms. The Labute approximate surface area is 171 Å². The van der Waals surface area contributed by atoms with Gasteiger partial charge in [-0.3, -0.25) is 9.59 Å². The monoisotopic (exact) mass is 399 g/mol. The van der Waals surface area contributed by atoms with E-state index in [9.17, 15) is 9.59 Å². The van der Waals surface area contributed by atoms with Gasteiger partial charge in [0.25, 0.3) is 5.91 Å². The third kappa shape index (κ3) is 4.21. The van der Waals surface area contributed by atoms with Crippen molar-refractivity contribution in [1.82, 2.24) is 0 Å². The second kappa shape index (κ2) is 8.76. The zero-order valence-corrected chi connectivity index (χ0v) is 16.6. The fourth-order valence-electron chi connectivity index (χ4n) is 4.11. The Hall–Kier alpha value is -2.37. The number of anilines is 2. The smallest absolute Gasteiger partial charge is 0.258 e. The molecular weight excluding hydrogens is 374 g/mol. The maximum absolute atomic E-state index is 12.9.